The largest absolute Gasteiger partial charge is 0.466 e. The van der Waals surface area contributed by atoms with E-state index in [9.17, 15) is 4.79 Å². The van der Waals surface area contributed by atoms with Crippen LogP contribution in [0.25, 0.3) is 0 Å². The molecule has 0 spiro atoms. The molecule has 0 radical (unpaired) electrons. The smallest absolute Gasteiger partial charge is 0.305 e. The summed E-state index contributed by atoms with van der Waals surface area (Å²) in [5.41, 5.74) is 0. The van der Waals surface area contributed by atoms with Crippen LogP contribution in [0.15, 0.2) is 24.3 Å². The van der Waals surface area contributed by atoms with Crippen molar-refractivity contribution >= 4 is 5.97 Å². The van der Waals surface area contributed by atoms with Crippen molar-refractivity contribution < 1.29 is 9.53 Å². The second kappa shape index (κ2) is 25.0. The molecule has 0 amide bonds. The van der Waals surface area contributed by atoms with E-state index >= 15 is 0 Å². The predicted molar refractivity (Wildman–Crippen MR) is 128 cm³/mol. The third kappa shape index (κ3) is 24.9. The zero-order valence-corrected chi connectivity index (χ0v) is 19.8. The van der Waals surface area contributed by atoms with E-state index in [4.69, 9.17) is 4.74 Å². The van der Waals surface area contributed by atoms with Gasteiger partial charge in [-0.15, -0.1) is 0 Å². The van der Waals surface area contributed by atoms with Gasteiger partial charge in [-0.1, -0.05) is 95.9 Å². The van der Waals surface area contributed by atoms with E-state index in [1.165, 1.54) is 83.5 Å². The van der Waals surface area contributed by atoms with Crippen molar-refractivity contribution in [2.75, 3.05) is 6.61 Å². The summed E-state index contributed by atoms with van der Waals surface area (Å²) in [5, 5.41) is 0. The fourth-order valence-electron chi connectivity index (χ4n) is 3.34. The van der Waals surface area contributed by atoms with E-state index in [-0.39, 0.29) is 5.97 Å². The Morgan fingerprint density at radius 3 is 1.59 bits per heavy atom. The summed E-state index contributed by atoms with van der Waals surface area (Å²) in [6.45, 7) is 5.07. The van der Waals surface area contributed by atoms with Crippen LogP contribution in [0.4, 0.5) is 0 Å². The minimum absolute atomic E-state index is 0.00536. The van der Waals surface area contributed by atoms with E-state index in [0.29, 0.717) is 13.0 Å². The zero-order chi connectivity index (χ0) is 21.3. The van der Waals surface area contributed by atoms with Crippen LogP contribution in [0.3, 0.4) is 0 Å². The van der Waals surface area contributed by atoms with Gasteiger partial charge in [0, 0.05) is 6.42 Å². The number of carbonyl (C=O) groups is 1. The van der Waals surface area contributed by atoms with Crippen LogP contribution in [0.2, 0.25) is 0 Å². The molecule has 0 atom stereocenters. The van der Waals surface area contributed by atoms with E-state index < -0.39 is 0 Å². The summed E-state index contributed by atoms with van der Waals surface area (Å²) < 4.78 is 5.33. The molecule has 2 heteroatoms. The van der Waals surface area contributed by atoms with Gasteiger partial charge in [0.25, 0.3) is 0 Å². The van der Waals surface area contributed by atoms with Gasteiger partial charge < -0.3 is 4.74 Å². The minimum Gasteiger partial charge on any atom is -0.466 e. The van der Waals surface area contributed by atoms with Gasteiger partial charge in [0.15, 0.2) is 0 Å². The van der Waals surface area contributed by atoms with Gasteiger partial charge in [-0.2, -0.15) is 0 Å². The van der Waals surface area contributed by atoms with E-state index in [2.05, 4.69) is 38.2 Å². The van der Waals surface area contributed by atoms with Crippen LogP contribution >= 0.6 is 0 Å². The summed E-state index contributed by atoms with van der Waals surface area (Å²) in [5.74, 6) is -0.00536. The first-order valence-corrected chi connectivity index (χ1v) is 12.8. The summed E-state index contributed by atoms with van der Waals surface area (Å²) in [6, 6.07) is 0. The van der Waals surface area contributed by atoms with Gasteiger partial charge in [-0.3, -0.25) is 4.79 Å². The molecule has 0 aromatic carbocycles. The Morgan fingerprint density at radius 2 is 1.00 bits per heavy atom. The number of allylic oxidation sites excluding steroid dienone is 4. The lowest BCUT2D eigenvalue weighted by Gasteiger charge is -2.04. The molecule has 29 heavy (non-hydrogen) atoms. The molecule has 0 fully saturated rings. The fraction of sp³-hybridized carbons (Fsp3) is 0.815. The monoisotopic (exact) mass is 406 g/mol. The number of rotatable bonds is 22. The first kappa shape index (κ1) is 27.9. The van der Waals surface area contributed by atoms with Crippen molar-refractivity contribution in [1.29, 1.82) is 0 Å². The van der Waals surface area contributed by atoms with Crippen LogP contribution in [-0.4, -0.2) is 12.6 Å². The van der Waals surface area contributed by atoms with Crippen LogP contribution in [0.1, 0.15) is 136 Å². The average molecular weight is 407 g/mol. The third-order valence-corrected chi connectivity index (χ3v) is 5.31. The van der Waals surface area contributed by atoms with E-state index in [1.807, 2.05) is 0 Å². The zero-order valence-electron chi connectivity index (χ0n) is 19.8. The van der Waals surface area contributed by atoms with Crippen molar-refractivity contribution in [3.05, 3.63) is 24.3 Å². The Labute approximate surface area is 182 Å². The van der Waals surface area contributed by atoms with Crippen molar-refractivity contribution in [3.63, 3.8) is 0 Å². The topological polar surface area (TPSA) is 26.3 Å². The molecular weight excluding hydrogens is 356 g/mol. The highest BCUT2D eigenvalue weighted by Gasteiger charge is 2.02. The Balaban J connectivity index is 3.23. The Kier molecular flexibility index (Phi) is 24.1. The average Bonchev–Trinajstić information content (AvgIpc) is 2.72. The molecule has 0 rings (SSSR count). The highest BCUT2D eigenvalue weighted by Crippen LogP contribution is 2.11. The lowest BCUT2D eigenvalue weighted by atomic mass is 10.1. The predicted octanol–water partition coefficient (Wildman–Crippen LogP) is 9.09. The third-order valence-electron chi connectivity index (χ3n) is 5.31. The van der Waals surface area contributed by atoms with Gasteiger partial charge >= 0.3 is 5.97 Å². The van der Waals surface area contributed by atoms with Gasteiger partial charge in [-0.05, 0) is 57.8 Å². The molecule has 0 saturated carbocycles. The summed E-state index contributed by atoms with van der Waals surface area (Å²) in [6.07, 6.45) is 32.0. The maximum absolute atomic E-state index is 11.7. The van der Waals surface area contributed by atoms with Gasteiger partial charge in [0.2, 0.25) is 0 Å². The Bertz CT molecular complexity index is 384. The quantitative estimate of drug-likeness (QED) is 0.102. The number of hydrogen-bond donors (Lipinski definition) is 0. The van der Waals surface area contributed by atoms with Crippen LogP contribution in [0, 0.1) is 0 Å². The summed E-state index contributed by atoms with van der Waals surface area (Å²) in [7, 11) is 0. The Hall–Kier alpha value is -1.05. The molecule has 0 saturated heterocycles. The molecule has 2 nitrogen and oxygen atoms in total. The first-order valence-electron chi connectivity index (χ1n) is 12.8. The number of esters is 1. The maximum Gasteiger partial charge on any atom is 0.305 e. The first-order chi connectivity index (χ1) is 14.3. The molecule has 170 valence electrons. The lowest BCUT2D eigenvalue weighted by molar-refractivity contribution is -0.143. The molecule has 0 heterocycles. The number of unbranched alkanes of at least 4 members (excludes halogenated alkanes) is 14. The molecule has 0 aromatic rings. The molecule has 0 bridgehead atoms. The van der Waals surface area contributed by atoms with Crippen LogP contribution < -0.4 is 0 Å². The SMILES string of the molecule is CCCC/C=C/CCCCOC(=O)CCCCCCCCC/C=C/CCCCC. The Morgan fingerprint density at radius 1 is 0.552 bits per heavy atom. The molecule has 0 aliphatic rings. The molecule has 0 aromatic heterocycles. The summed E-state index contributed by atoms with van der Waals surface area (Å²) >= 11 is 0. The number of hydrogen-bond acceptors (Lipinski definition) is 2. The molecule has 0 N–H and O–H groups in total. The second-order valence-corrected chi connectivity index (χ2v) is 8.31. The molecule has 0 aliphatic heterocycles. The van der Waals surface area contributed by atoms with Crippen LogP contribution in [0.5, 0.6) is 0 Å². The highest BCUT2D eigenvalue weighted by molar-refractivity contribution is 5.69. The van der Waals surface area contributed by atoms with Gasteiger partial charge in [0.05, 0.1) is 6.61 Å². The van der Waals surface area contributed by atoms with Crippen molar-refractivity contribution in [1.82, 2.24) is 0 Å². The number of ether oxygens (including phenoxy) is 1. The standard InChI is InChI=1S/C27H50O2/c1-3-5-7-9-11-13-14-15-16-17-18-19-21-23-25-27(28)29-26-24-22-20-12-10-8-6-4-2/h10-13H,3-9,14-26H2,1-2H3/b12-10+,13-11+. The van der Waals surface area contributed by atoms with Crippen molar-refractivity contribution in [3.8, 4) is 0 Å². The maximum atomic E-state index is 11.7. The molecular formula is C27H50O2. The lowest BCUT2D eigenvalue weighted by Crippen LogP contribution is -2.05. The highest BCUT2D eigenvalue weighted by atomic mass is 16.5. The molecule has 0 unspecified atom stereocenters. The summed E-state index contributed by atoms with van der Waals surface area (Å²) in [4.78, 5) is 11.7. The normalized spacial score (nSPS) is 11.7. The number of carbonyl (C=O) groups excluding carboxylic acids is 1. The molecule has 0 aliphatic carbocycles. The second-order valence-electron chi connectivity index (χ2n) is 8.31. The van der Waals surface area contributed by atoms with Crippen molar-refractivity contribution in [2.24, 2.45) is 0 Å². The van der Waals surface area contributed by atoms with Gasteiger partial charge in [0.1, 0.15) is 0 Å². The van der Waals surface area contributed by atoms with Gasteiger partial charge in [-0.25, -0.2) is 0 Å². The minimum atomic E-state index is -0.00536. The fourth-order valence-corrected chi connectivity index (χ4v) is 3.34. The van der Waals surface area contributed by atoms with Crippen molar-refractivity contribution in [2.45, 2.75) is 136 Å². The van der Waals surface area contributed by atoms with E-state index in [1.54, 1.807) is 0 Å². The van der Waals surface area contributed by atoms with Crippen LogP contribution in [-0.2, 0) is 9.53 Å². The van der Waals surface area contributed by atoms with E-state index in [0.717, 1.165) is 32.1 Å².